The lowest BCUT2D eigenvalue weighted by Crippen LogP contribution is -2.40. The zero-order valence-electron chi connectivity index (χ0n) is 31.9. The van der Waals surface area contributed by atoms with Crippen molar-refractivity contribution in [1.29, 1.82) is 0 Å². The average molecular weight is 819 g/mol. The van der Waals surface area contributed by atoms with Gasteiger partial charge in [0.1, 0.15) is 18.2 Å². The van der Waals surface area contributed by atoms with Crippen LogP contribution in [0.25, 0.3) is 22.6 Å². The first kappa shape index (κ1) is 39.3. The second-order valence-corrected chi connectivity index (χ2v) is 14.5. The van der Waals surface area contributed by atoms with Gasteiger partial charge < -0.3 is 35.6 Å². The van der Waals surface area contributed by atoms with Crippen LogP contribution in [0.1, 0.15) is 54.7 Å². The fourth-order valence-corrected chi connectivity index (χ4v) is 7.88. The third-order valence-electron chi connectivity index (χ3n) is 10.9. The Morgan fingerprint density at radius 1 is 0.949 bits per heavy atom. The molecule has 5 atom stereocenters. The second-order valence-electron chi connectivity index (χ2n) is 14.5. The van der Waals surface area contributed by atoms with Gasteiger partial charge in [0, 0.05) is 49.3 Å². The Labute approximate surface area is 344 Å². The van der Waals surface area contributed by atoms with E-state index in [4.69, 9.17) is 15.0 Å². The molecular weight excluding hydrogens is 776 g/mol. The van der Waals surface area contributed by atoms with Gasteiger partial charge in [0.2, 0.25) is 5.95 Å². The third kappa shape index (κ3) is 8.12. The molecule has 0 spiro atoms. The SMILES string of the molecule is CCc1nnn([C@H]2C[C@@H](n3cnc4c(NCC(c5ccccc5)c5ccccc5)nc(N5CC[C@@H](NC(=O)Nc6cccc(-c7nnn[nH]7)c6)C5)nc43)[C@H](O)[C@@H]2O)n1.Cl. The first-order chi connectivity index (χ1) is 28.4. The van der Waals surface area contributed by atoms with Crippen LogP contribution in [0.15, 0.2) is 91.3 Å². The average Bonchev–Trinajstić information content (AvgIpc) is 4.11. The number of aliphatic hydroxyl groups is 2. The van der Waals surface area contributed by atoms with E-state index in [9.17, 15) is 15.0 Å². The Kier molecular flexibility index (Phi) is 11.4. The van der Waals surface area contributed by atoms with Gasteiger partial charge in [-0.3, -0.25) is 0 Å². The van der Waals surface area contributed by atoms with Crippen LogP contribution in [0, 0.1) is 0 Å². The summed E-state index contributed by atoms with van der Waals surface area (Å²) in [6.07, 6.45) is 0.923. The molecule has 1 aliphatic carbocycles. The normalized spacial score (nSPS) is 20.2. The smallest absolute Gasteiger partial charge is 0.319 e. The van der Waals surface area contributed by atoms with Crippen molar-refractivity contribution in [1.82, 2.24) is 65.7 Å². The van der Waals surface area contributed by atoms with Crippen LogP contribution in [0.5, 0.6) is 0 Å². The molecule has 20 heteroatoms. The van der Waals surface area contributed by atoms with E-state index in [0.717, 1.165) is 16.7 Å². The molecular formula is C39H43ClN16O3. The van der Waals surface area contributed by atoms with Crippen molar-refractivity contribution in [3.63, 3.8) is 0 Å². The number of hydrogen-bond donors (Lipinski definition) is 6. The highest BCUT2D eigenvalue weighted by Gasteiger charge is 2.45. The lowest BCUT2D eigenvalue weighted by atomic mass is 9.91. The Hall–Kier alpha value is -6.57. The minimum absolute atomic E-state index is 0. The summed E-state index contributed by atoms with van der Waals surface area (Å²) in [7, 11) is 0. The van der Waals surface area contributed by atoms with Gasteiger partial charge in [-0.05, 0) is 51.7 Å². The molecule has 1 saturated heterocycles. The maximum absolute atomic E-state index is 13.2. The van der Waals surface area contributed by atoms with Crippen LogP contribution < -0.4 is 20.9 Å². The van der Waals surface area contributed by atoms with Crippen molar-refractivity contribution in [2.75, 3.05) is 35.2 Å². The number of carbonyl (C=O) groups excluding carboxylic acids is 1. The number of urea groups is 1. The van der Waals surface area contributed by atoms with Gasteiger partial charge in [0.25, 0.3) is 0 Å². The molecule has 6 N–H and O–H groups in total. The molecule has 4 aromatic heterocycles. The maximum Gasteiger partial charge on any atom is 0.319 e. The predicted octanol–water partition coefficient (Wildman–Crippen LogP) is 3.53. The van der Waals surface area contributed by atoms with Crippen LogP contribution in [0.4, 0.5) is 22.2 Å². The summed E-state index contributed by atoms with van der Waals surface area (Å²) in [5, 5.41) is 58.9. The van der Waals surface area contributed by atoms with Gasteiger partial charge in [-0.2, -0.15) is 14.8 Å². The highest BCUT2D eigenvalue weighted by atomic mass is 35.5. The fourth-order valence-electron chi connectivity index (χ4n) is 7.88. The molecule has 7 aromatic rings. The van der Waals surface area contributed by atoms with Crippen LogP contribution in [0.2, 0.25) is 0 Å². The molecule has 1 aliphatic heterocycles. The molecule has 2 aliphatic rings. The molecule has 3 aromatic carbocycles. The topological polar surface area (TPSA) is 239 Å². The van der Waals surface area contributed by atoms with E-state index in [-0.39, 0.29) is 30.4 Å². The Bertz CT molecular complexity index is 2440. The summed E-state index contributed by atoms with van der Waals surface area (Å²) < 4.78 is 1.81. The van der Waals surface area contributed by atoms with Gasteiger partial charge >= 0.3 is 6.03 Å². The number of aromatic amines is 1. The van der Waals surface area contributed by atoms with Crippen molar-refractivity contribution in [3.05, 3.63) is 108 Å². The van der Waals surface area contributed by atoms with E-state index in [1.165, 1.54) is 4.80 Å². The van der Waals surface area contributed by atoms with E-state index >= 15 is 0 Å². The number of tetrazole rings is 2. The number of anilines is 3. The van der Waals surface area contributed by atoms with Gasteiger partial charge in [-0.1, -0.05) is 79.7 Å². The standard InChI is InChI=1S/C39H42N16O3.ClH/c1-2-31-46-52-55(49-31)30-19-29(33(56)34(30)57)54-22-41-32-36(40-20-28(23-10-5-3-6-11-23)24-12-7-4-8-13-24)44-38(45-37(32)54)53-17-16-27(21-53)43-39(58)42-26-15-9-14-25(18-26)35-47-50-51-48-35;/h3-15,18,22,27-30,33-34,56-57H,2,16-17,19-21H2,1H3,(H,40,44,45)(H2,42,43,58)(H,47,48,50,51);1H/t27-,29-,30+,33+,34-;/m1./s1. The van der Waals surface area contributed by atoms with E-state index in [1.54, 1.807) is 18.5 Å². The number of halogens is 1. The van der Waals surface area contributed by atoms with Gasteiger partial charge in [-0.15, -0.1) is 27.7 Å². The fraction of sp³-hybridized carbons (Fsp3) is 0.333. The number of nitrogens with one attached hydrogen (secondary N) is 4. The molecule has 19 nitrogen and oxygen atoms in total. The number of aliphatic hydroxyl groups excluding tert-OH is 2. The summed E-state index contributed by atoms with van der Waals surface area (Å²) in [6, 6.07) is 26.1. The van der Waals surface area contributed by atoms with E-state index in [1.807, 2.05) is 64.9 Å². The Morgan fingerprint density at radius 3 is 2.42 bits per heavy atom. The summed E-state index contributed by atoms with van der Waals surface area (Å²) in [6.45, 7) is 3.48. The number of aromatic nitrogens is 12. The lowest BCUT2D eigenvalue weighted by Gasteiger charge is -2.22. The number of aryl methyl sites for hydroxylation is 1. The summed E-state index contributed by atoms with van der Waals surface area (Å²) in [5.41, 5.74) is 4.64. The molecule has 5 heterocycles. The monoisotopic (exact) mass is 818 g/mol. The molecule has 9 rings (SSSR count). The van der Waals surface area contributed by atoms with Gasteiger partial charge in [0.05, 0.1) is 12.4 Å². The molecule has 2 amide bonds. The third-order valence-corrected chi connectivity index (χ3v) is 10.9. The highest BCUT2D eigenvalue weighted by Crippen LogP contribution is 2.40. The number of imidazole rings is 1. The molecule has 2 fully saturated rings. The van der Waals surface area contributed by atoms with Gasteiger partial charge in [-0.25, -0.2) is 14.9 Å². The van der Waals surface area contributed by atoms with E-state index in [2.05, 4.69) is 76.3 Å². The number of amides is 2. The lowest BCUT2D eigenvalue weighted by molar-refractivity contribution is 0.00473. The first-order valence-corrected chi connectivity index (χ1v) is 19.3. The zero-order valence-corrected chi connectivity index (χ0v) is 32.8. The molecule has 304 valence electrons. The van der Waals surface area contributed by atoms with Crippen LogP contribution in [0.3, 0.4) is 0 Å². The summed E-state index contributed by atoms with van der Waals surface area (Å²) in [5.74, 6) is 2.03. The van der Waals surface area contributed by atoms with Crippen LogP contribution >= 0.6 is 12.4 Å². The van der Waals surface area contributed by atoms with Crippen LogP contribution in [-0.2, 0) is 6.42 Å². The maximum atomic E-state index is 13.2. The molecule has 0 unspecified atom stereocenters. The van der Waals surface area contributed by atoms with Crippen LogP contribution in [-0.4, -0.2) is 114 Å². The van der Waals surface area contributed by atoms with Crippen molar-refractivity contribution in [2.24, 2.45) is 0 Å². The second kappa shape index (κ2) is 17.1. The van der Waals surface area contributed by atoms with Crippen molar-refractivity contribution in [3.8, 4) is 11.4 Å². The van der Waals surface area contributed by atoms with Gasteiger partial charge in [0.15, 0.2) is 28.6 Å². The van der Waals surface area contributed by atoms with Crippen molar-refractivity contribution < 1.29 is 15.0 Å². The van der Waals surface area contributed by atoms with E-state index < -0.39 is 24.3 Å². The first-order valence-electron chi connectivity index (χ1n) is 19.3. The zero-order chi connectivity index (χ0) is 39.6. The number of fused-ring (bicyclic) bond motifs is 1. The van der Waals surface area contributed by atoms with E-state index in [0.29, 0.717) is 79.2 Å². The number of hydrogen-bond acceptors (Lipinski definition) is 14. The predicted molar refractivity (Wildman–Crippen MR) is 220 cm³/mol. The van der Waals surface area contributed by atoms with Crippen molar-refractivity contribution in [2.45, 2.75) is 62.4 Å². The summed E-state index contributed by atoms with van der Waals surface area (Å²) in [4.78, 5) is 31.5. The Morgan fingerprint density at radius 2 is 1.71 bits per heavy atom. The number of nitrogens with zero attached hydrogens (tertiary/aromatic N) is 12. The number of carbonyl (C=O) groups is 1. The minimum Gasteiger partial charge on any atom is -0.388 e. The largest absolute Gasteiger partial charge is 0.388 e. The molecule has 0 radical (unpaired) electrons. The minimum atomic E-state index is -1.15. The summed E-state index contributed by atoms with van der Waals surface area (Å²) >= 11 is 0. The molecule has 0 bridgehead atoms. The number of rotatable bonds is 12. The quantitative estimate of drug-likeness (QED) is 0.104. The Balaban J connectivity index is 0.00000484. The molecule has 1 saturated carbocycles. The number of benzene rings is 3. The highest BCUT2D eigenvalue weighted by molar-refractivity contribution is 5.90. The molecule has 59 heavy (non-hydrogen) atoms. The van der Waals surface area contributed by atoms with Crippen molar-refractivity contribution >= 4 is 47.1 Å². The number of H-pyrrole nitrogens is 1.